The molecular formula is C29H27F2N5O. The van der Waals surface area contributed by atoms with Crippen molar-refractivity contribution in [2.24, 2.45) is 0 Å². The summed E-state index contributed by atoms with van der Waals surface area (Å²) in [6, 6.07) is 17.6. The van der Waals surface area contributed by atoms with E-state index in [0.29, 0.717) is 18.1 Å². The zero-order valence-electron chi connectivity index (χ0n) is 20.5. The van der Waals surface area contributed by atoms with Crippen LogP contribution in [-0.2, 0) is 6.54 Å². The Hall–Kier alpha value is -4.33. The predicted molar refractivity (Wildman–Crippen MR) is 141 cm³/mol. The molecule has 3 aromatic heterocycles. The summed E-state index contributed by atoms with van der Waals surface area (Å²) in [5, 5.41) is 3.86. The molecule has 0 radical (unpaired) electrons. The molecule has 37 heavy (non-hydrogen) atoms. The second-order valence-corrected chi connectivity index (χ2v) is 8.71. The van der Waals surface area contributed by atoms with Crippen LogP contribution < -0.4 is 10.1 Å². The molecule has 8 heteroatoms. The van der Waals surface area contributed by atoms with Crippen LogP contribution in [0.5, 0.6) is 5.75 Å². The first-order valence-corrected chi connectivity index (χ1v) is 12.3. The predicted octanol–water partition coefficient (Wildman–Crippen LogP) is 7.15. The highest BCUT2D eigenvalue weighted by atomic mass is 19.2. The number of unbranched alkanes of at least 4 members (excludes halogenated alkanes) is 2. The first-order valence-electron chi connectivity index (χ1n) is 12.3. The summed E-state index contributed by atoms with van der Waals surface area (Å²) >= 11 is 0. The molecule has 188 valence electrons. The van der Waals surface area contributed by atoms with Crippen molar-refractivity contribution < 1.29 is 13.5 Å². The van der Waals surface area contributed by atoms with Crippen molar-refractivity contribution in [2.75, 3.05) is 11.9 Å². The number of rotatable bonds is 10. The molecule has 0 aliphatic rings. The van der Waals surface area contributed by atoms with Gasteiger partial charge in [-0.1, -0.05) is 38.0 Å². The van der Waals surface area contributed by atoms with Gasteiger partial charge in [-0.25, -0.2) is 13.8 Å². The third-order valence-corrected chi connectivity index (χ3v) is 6.02. The van der Waals surface area contributed by atoms with E-state index in [4.69, 9.17) is 9.72 Å². The SMILES string of the molecule is CCCCCOc1cnc2ccc(-c3nc(CNc4cccc(F)c4F)[nH]c3-c3ccccn3)cc2c1. The molecular weight excluding hydrogens is 472 g/mol. The molecule has 2 N–H and O–H groups in total. The summed E-state index contributed by atoms with van der Waals surface area (Å²) in [4.78, 5) is 17.1. The zero-order chi connectivity index (χ0) is 25.6. The average Bonchev–Trinajstić information content (AvgIpc) is 3.36. The van der Waals surface area contributed by atoms with Crippen molar-refractivity contribution >= 4 is 16.6 Å². The number of nitrogens with zero attached hydrogens (tertiary/aromatic N) is 3. The number of aromatic amines is 1. The zero-order valence-corrected chi connectivity index (χ0v) is 20.5. The summed E-state index contributed by atoms with van der Waals surface area (Å²) in [7, 11) is 0. The molecule has 6 nitrogen and oxygen atoms in total. The molecule has 0 amide bonds. The van der Waals surface area contributed by atoms with Crippen molar-refractivity contribution in [3.05, 3.63) is 90.5 Å². The first kappa shape index (κ1) is 24.4. The van der Waals surface area contributed by atoms with E-state index in [0.717, 1.165) is 58.9 Å². The maximum Gasteiger partial charge on any atom is 0.181 e. The number of hydrogen-bond donors (Lipinski definition) is 2. The number of benzene rings is 2. The van der Waals surface area contributed by atoms with E-state index in [-0.39, 0.29) is 12.2 Å². The molecule has 0 atom stereocenters. The third-order valence-electron chi connectivity index (χ3n) is 6.02. The van der Waals surface area contributed by atoms with Crippen molar-refractivity contribution in [1.29, 1.82) is 0 Å². The molecule has 0 fully saturated rings. The smallest absolute Gasteiger partial charge is 0.181 e. The van der Waals surface area contributed by atoms with Gasteiger partial charge >= 0.3 is 0 Å². The highest BCUT2D eigenvalue weighted by molar-refractivity contribution is 5.87. The van der Waals surface area contributed by atoms with E-state index >= 15 is 0 Å². The fourth-order valence-electron chi connectivity index (χ4n) is 4.11. The Morgan fingerprint density at radius 3 is 2.73 bits per heavy atom. The van der Waals surface area contributed by atoms with Crippen LogP contribution in [0.25, 0.3) is 33.5 Å². The number of pyridine rings is 2. The largest absolute Gasteiger partial charge is 0.492 e. The third kappa shape index (κ3) is 5.58. The standard InChI is InChI=1S/C29H27F2N5O/c1-2-3-6-14-37-21-16-20-15-19(11-12-23(20)33-17-21)28-29(25-9-4-5-13-32-25)36-26(35-28)18-34-24-10-7-8-22(30)27(24)31/h4-5,7-13,15-17,34H,2-3,6,14,18H2,1H3,(H,35,36). The van der Waals surface area contributed by atoms with E-state index in [1.807, 2.05) is 42.5 Å². The van der Waals surface area contributed by atoms with Crippen molar-refractivity contribution in [3.8, 4) is 28.4 Å². The summed E-state index contributed by atoms with van der Waals surface area (Å²) in [5.41, 5.74) is 3.95. The second kappa shape index (κ2) is 11.2. The monoisotopic (exact) mass is 499 g/mol. The normalized spacial score (nSPS) is 11.1. The summed E-state index contributed by atoms with van der Waals surface area (Å²) in [6.07, 6.45) is 6.73. The fraction of sp³-hybridized carbons (Fsp3) is 0.207. The van der Waals surface area contributed by atoms with Gasteiger partial charge in [-0.05, 0) is 48.9 Å². The van der Waals surface area contributed by atoms with Gasteiger partial charge in [0.2, 0.25) is 0 Å². The lowest BCUT2D eigenvalue weighted by molar-refractivity contribution is 0.305. The Morgan fingerprint density at radius 2 is 1.89 bits per heavy atom. The molecule has 0 spiro atoms. The minimum atomic E-state index is -0.922. The maximum atomic E-state index is 14.1. The van der Waals surface area contributed by atoms with Crippen LogP contribution in [-0.4, -0.2) is 26.5 Å². The first-order chi connectivity index (χ1) is 18.1. The molecule has 0 unspecified atom stereocenters. The van der Waals surface area contributed by atoms with Crippen LogP contribution in [0.4, 0.5) is 14.5 Å². The quantitative estimate of drug-likeness (QED) is 0.200. The van der Waals surface area contributed by atoms with Crippen molar-refractivity contribution in [1.82, 2.24) is 19.9 Å². The van der Waals surface area contributed by atoms with Crippen LogP contribution in [0.1, 0.15) is 32.0 Å². The molecule has 0 aliphatic heterocycles. The van der Waals surface area contributed by atoms with Crippen molar-refractivity contribution in [2.45, 2.75) is 32.7 Å². The van der Waals surface area contributed by atoms with E-state index in [1.165, 1.54) is 12.1 Å². The van der Waals surface area contributed by atoms with Gasteiger partial charge in [-0.3, -0.25) is 9.97 Å². The van der Waals surface area contributed by atoms with Gasteiger partial charge in [0.1, 0.15) is 11.6 Å². The number of halogens is 2. The molecule has 3 heterocycles. The van der Waals surface area contributed by atoms with Gasteiger partial charge < -0.3 is 15.0 Å². The van der Waals surface area contributed by atoms with E-state index in [1.54, 1.807) is 12.4 Å². The lowest BCUT2D eigenvalue weighted by Crippen LogP contribution is -2.04. The Bertz CT molecular complexity index is 1500. The molecule has 0 bridgehead atoms. The lowest BCUT2D eigenvalue weighted by atomic mass is 10.1. The Balaban J connectivity index is 1.47. The summed E-state index contributed by atoms with van der Waals surface area (Å²) in [6.45, 7) is 2.99. The van der Waals surface area contributed by atoms with Crippen LogP contribution >= 0.6 is 0 Å². The van der Waals surface area contributed by atoms with E-state index in [9.17, 15) is 8.78 Å². The lowest BCUT2D eigenvalue weighted by Gasteiger charge is -2.08. The summed E-state index contributed by atoms with van der Waals surface area (Å²) in [5.74, 6) is -0.535. The van der Waals surface area contributed by atoms with Crippen molar-refractivity contribution in [3.63, 3.8) is 0 Å². The molecule has 5 aromatic rings. The Labute approximate surface area is 213 Å². The molecule has 0 aliphatic carbocycles. The van der Waals surface area contributed by atoms with Crippen LogP contribution in [0.2, 0.25) is 0 Å². The minimum absolute atomic E-state index is 0.0700. The number of ether oxygens (including phenoxy) is 1. The molecule has 0 saturated heterocycles. The topological polar surface area (TPSA) is 75.7 Å². The minimum Gasteiger partial charge on any atom is -0.492 e. The molecule has 2 aromatic carbocycles. The van der Waals surface area contributed by atoms with E-state index < -0.39 is 11.6 Å². The van der Waals surface area contributed by atoms with Crippen LogP contribution in [0, 0.1) is 11.6 Å². The van der Waals surface area contributed by atoms with Crippen LogP contribution in [0.15, 0.2) is 73.1 Å². The number of aromatic nitrogens is 4. The van der Waals surface area contributed by atoms with Gasteiger partial charge in [-0.15, -0.1) is 0 Å². The second-order valence-electron chi connectivity index (χ2n) is 8.71. The van der Waals surface area contributed by atoms with Gasteiger partial charge in [0.25, 0.3) is 0 Å². The fourth-order valence-corrected chi connectivity index (χ4v) is 4.11. The van der Waals surface area contributed by atoms with Gasteiger partial charge in [0, 0.05) is 17.1 Å². The molecule has 0 saturated carbocycles. The number of imidazole rings is 1. The number of hydrogen-bond acceptors (Lipinski definition) is 5. The number of nitrogens with one attached hydrogen (secondary N) is 2. The molecule has 5 rings (SSSR count). The highest BCUT2D eigenvalue weighted by Gasteiger charge is 2.17. The maximum absolute atomic E-state index is 14.1. The van der Waals surface area contributed by atoms with E-state index in [2.05, 4.69) is 27.2 Å². The number of fused-ring (bicyclic) bond motifs is 1. The van der Waals surface area contributed by atoms with Gasteiger partial charge in [0.15, 0.2) is 11.6 Å². The Morgan fingerprint density at radius 1 is 0.973 bits per heavy atom. The number of H-pyrrole nitrogens is 1. The highest BCUT2D eigenvalue weighted by Crippen LogP contribution is 2.32. The summed E-state index contributed by atoms with van der Waals surface area (Å²) < 4.78 is 33.6. The van der Waals surface area contributed by atoms with Gasteiger partial charge in [0.05, 0.1) is 47.6 Å². The average molecular weight is 500 g/mol. The van der Waals surface area contributed by atoms with Crippen LogP contribution in [0.3, 0.4) is 0 Å². The van der Waals surface area contributed by atoms with Gasteiger partial charge in [-0.2, -0.15) is 0 Å². The number of anilines is 1. The Kier molecular flexibility index (Phi) is 7.35.